The molecule has 0 radical (unpaired) electrons. The Labute approximate surface area is 206 Å². The molecule has 1 aliphatic heterocycles. The van der Waals surface area contributed by atoms with Crippen molar-refractivity contribution in [2.45, 2.75) is 44.4 Å². The van der Waals surface area contributed by atoms with Crippen LogP contribution in [0.1, 0.15) is 31.9 Å². The van der Waals surface area contributed by atoms with Crippen molar-refractivity contribution in [3.63, 3.8) is 0 Å². The standard InChI is InChI=1S/C23H30N8O3S/c1-16-7-10-29(11-8-16)21-25-26-22(31(21)14-17-6-4-12-34-17)35-13-5-9-30-20(32)18-19(24-15-27(18)2)28(3)23(30)33/h4,6,12,15-16H,5,7-11,13-14H2,1-3H3. The van der Waals surface area contributed by atoms with Crippen molar-refractivity contribution in [1.82, 2.24) is 33.4 Å². The Kier molecular flexibility index (Phi) is 6.54. The summed E-state index contributed by atoms with van der Waals surface area (Å²) in [6.45, 7) is 5.09. The molecule has 5 heterocycles. The third-order valence-electron chi connectivity index (χ3n) is 6.62. The minimum absolute atomic E-state index is 0.310. The van der Waals surface area contributed by atoms with Crippen molar-refractivity contribution in [2.75, 3.05) is 23.7 Å². The van der Waals surface area contributed by atoms with Crippen LogP contribution in [0.2, 0.25) is 0 Å². The first-order valence-electron chi connectivity index (χ1n) is 11.9. The number of aryl methyl sites for hydroxylation is 2. The van der Waals surface area contributed by atoms with E-state index in [1.165, 1.54) is 9.13 Å². The van der Waals surface area contributed by atoms with Crippen molar-refractivity contribution in [3.8, 4) is 0 Å². The number of nitrogens with zero attached hydrogens (tertiary/aromatic N) is 8. The van der Waals surface area contributed by atoms with Gasteiger partial charge in [-0.3, -0.25) is 18.5 Å². The maximum Gasteiger partial charge on any atom is 0.332 e. The highest BCUT2D eigenvalue weighted by Crippen LogP contribution is 2.27. The second-order valence-corrected chi connectivity index (χ2v) is 10.2. The second-order valence-electron chi connectivity index (χ2n) is 9.15. The van der Waals surface area contributed by atoms with Gasteiger partial charge in [0.15, 0.2) is 16.3 Å². The zero-order valence-electron chi connectivity index (χ0n) is 20.3. The number of piperidine rings is 1. The number of aromatic nitrogens is 7. The van der Waals surface area contributed by atoms with Gasteiger partial charge in [-0.1, -0.05) is 18.7 Å². The third-order valence-corrected chi connectivity index (χ3v) is 7.67. The lowest BCUT2D eigenvalue weighted by Gasteiger charge is -2.31. The summed E-state index contributed by atoms with van der Waals surface area (Å²) in [5.41, 5.74) is 0.168. The molecule has 11 nitrogen and oxygen atoms in total. The first kappa shape index (κ1) is 23.5. The van der Waals surface area contributed by atoms with E-state index in [4.69, 9.17) is 4.42 Å². The Morgan fingerprint density at radius 1 is 1.14 bits per heavy atom. The molecule has 4 aromatic rings. The van der Waals surface area contributed by atoms with Crippen molar-refractivity contribution >= 4 is 28.9 Å². The lowest BCUT2D eigenvalue weighted by atomic mass is 10.00. The van der Waals surface area contributed by atoms with E-state index in [1.807, 2.05) is 12.1 Å². The molecule has 0 atom stereocenters. The summed E-state index contributed by atoms with van der Waals surface area (Å²) < 4.78 is 12.1. The van der Waals surface area contributed by atoms with Gasteiger partial charge in [-0.25, -0.2) is 9.78 Å². The first-order valence-corrected chi connectivity index (χ1v) is 12.9. The highest BCUT2D eigenvalue weighted by molar-refractivity contribution is 7.99. The van der Waals surface area contributed by atoms with Crippen LogP contribution in [-0.4, -0.2) is 52.3 Å². The first-order chi connectivity index (χ1) is 16.9. The van der Waals surface area contributed by atoms with E-state index in [0.717, 1.165) is 48.7 Å². The van der Waals surface area contributed by atoms with Crippen molar-refractivity contribution in [1.29, 1.82) is 0 Å². The topological polar surface area (TPSA) is 109 Å². The second kappa shape index (κ2) is 9.76. The predicted octanol–water partition coefficient (Wildman–Crippen LogP) is 2.09. The summed E-state index contributed by atoms with van der Waals surface area (Å²) >= 11 is 1.58. The normalized spacial score (nSPS) is 14.9. The molecule has 0 bridgehead atoms. The maximum atomic E-state index is 12.9. The van der Waals surface area contributed by atoms with Gasteiger partial charge in [0.05, 0.1) is 19.1 Å². The van der Waals surface area contributed by atoms with Crippen LogP contribution in [0.3, 0.4) is 0 Å². The molecular formula is C23H30N8O3S. The van der Waals surface area contributed by atoms with Gasteiger partial charge < -0.3 is 13.9 Å². The number of fused-ring (bicyclic) bond motifs is 1. The molecule has 0 saturated carbocycles. The van der Waals surface area contributed by atoms with Crippen LogP contribution in [-0.2, 0) is 27.2 Å². The van der Waals surface area contributed by atoms with Crippen LogP contribution in [0.5, 0.6) is 0 Å². The van der Waals surface area contributed by atoms with Gasteiger partial charge in [0.25, 0.3) is 5.56 Å². The van der Waals surface area contributed by atoms with Gasteiger partial charge in [0.1, 0.15) is 5.76 Å². The van der Waals surface area contributed by atoms with Gasteiger partial charge >= 0.3 is 5.69 Å². The van der Waals surface area contributed by atoms with E-state index >= 15 is 0 Å². The summed E-state index contributed by atoms with van der Waals surface area (Å²) in [4.78, 5) is 32.1. The molecule has 186 valence electrons. The molecule has 12 heteroatoms. The predicted molar refractivity (Wildman–Crippen MR) is 134 cm³/mol. The summed E-state index contributed by atoms with van der Waals surface area (Å²) in [5, 5.41) is 9.80. The van der Waals surface area contributed by atoms with Crippen LogP contribution < -0.4 is 16.1 Å². The Hall–Kier alpha value is -3.28. The lowest BCUT2D eigenvalue weighted by molar-refractivity contribution is 0.427. The maximum absolute atomic E-state index is 12.9. The number of furan rings is 1. The molecule has 1 fully saturated rings. The summed E-state index contributed by atoms with van der Waals surface area (Å²) in [5.74, 6) is 3.12. The van der Waals surface area contributed by atoms with Crippen molar-refractivity contribution < 1.29 is 4.42 Å². The van der Waals surface area contributed by atoms with E-state index < -0.39 is 0 Å². The molecule has 1 saturated heterocycles. The van der Waals surface area contributed by atoms with E-state index in [2.05, 4.69) is 31.6 Å². The molecule has 35 heavy (non-hydrogen) atoms. The zero-order chi connectivity index (χ0) is 24.5. The van der Waals surface area contributed by atoms with Crippen LogP contribution in [0.25, 0.3) is 11.2 Å². The summed E-state index contributed by atoms with van der Waals surface area (Å²) in [7, 11) is 3.40. The van der Waals surface area contributed by atoms with Crippen LogP contribution in [0.4, 0.5) is 5.95 Å². The van der Waals surface area contributed by atoms with Gasteiger partial charge in [-0.2, -0.15) is 0 Å². The monoisotopic (exact) mass is 498 g/mol. The van der Waals surface area contributed by atoms with Gasteiger partial charge in [-0.05, 0) is 37.3 Å². The highest BCUT2D eigenvalue weighted by Gasteiger charge is 2.23. The largest absolute Gasteiger partial charge is 0.467 e. The van der Waals surface area contributed by atoms with Crippen molar-refractivity contribution in [3.05, 3.63) is 51.3 Å². The molecule has 5 rings (SSSR count). The van der Waals surface area contributed by atoms with Crippen LogP contribution in [0, 0.1) is 5.92 Å². The average molecular weight is 499 g/mol. The fourth-order valence-electron chi connectivity index (χ4n) is 4.51. The summed E-state index contributed by atoms with van der Waals surface area (Å²) in [6.07, 6.45) is 6.14. The van der Waals surface area contributed by atoms with E-state index in [0.29, 0.717) is 36.4 Å². The van der Waals surface area contributed by atoms with Gasteiger partial charge in [0.2, 0.25) is 5.95 Å². The molecule has 1 aliphatic rings. The third kappa shape index (κ3) is 4.54. The Balaban J connectivity index is 1.32. The smallest absolute Gasteiger partial charge is 0.332 e. The zero-order valence-corrected chi connectivity index (χ0v) is 21.1. The van der Waals surface area contributed by atoms with Gasteiger partial charge in [0, 0.05) is 39.5 Å². The molecule has 0 N–H and O–H groups in total. The Bertz CT molecular complexity index is 1420. The number of hydrogen-bond acceptors (Lipinski definition) is 8. The SMILES string of the molecule is CC1CCN(c2nnc(SCCCn3c(=O)c4c(ncn4C)n(C)c3=O)n2Cc2ccco2)CC1. The van der Waals surface area contributed by atoms with Gasteiger partial charge in [-0.15, -0.1) is 10.2 Å². The quantitative estimate of drug-likeness (QED) is 0.268. The van der Waals surface area contributed by atoms with Crippen LogP contribution >= 0.6 is 11.8 Å². The molecule has 0 aromatic carbocycles. The molecule has 4 aromatic heterocycles. The van der Waals surface area contributed by atoms with E-state index in [-0.39, 0.29) is 11.2 Å². The van der Waals surface area contributed by atoms with Crippen LogP contribution in [0.15, 0.2) is 43.9 Å². The Morgan fingerprint density at radius 2 is 1.94 bits per heavy atom. The molecular weight excluding hydrogens is 468 g/mol. The molecule has 0 aliphatic carbocycles. The number of hydrogen-bond donors (Lipinski definition) is 0. The highest BCUT2D eigenvalue weighted by atomic mass is 32.2. The fourth-order valence-corrected chi connectivity index (χ4v) is 5.36. The molecule has 0 spiro atoms. The number of thioether (sulfide) groups is 1. The number of imidazole rings is 1. The van der Waals surface area contributed by atoms with Crippen molar-refractivity contribution in [2.24, 2.45) is 20.0 Å². The molecule has 0 unspecified atom stereocenters. The number of anilines is 1. The minimum Gasteiger partial charge on any atom is -0.467 e. The lowest BCUT2D eigenvalue weighted by Crippen LogP contribution is -2.39. The number of rotatable bonds is 8. The minimum atomic E-state index is -0.353. The molecule has 0 amide bonds. The van der Waals surface area contributed by atoms with E-state index in [1.54, 1.807) is 43.0 Å². The summed E-state index contributed by atoms with van der Waals surface area (Å²) in [6, 6.07) is 3.83. The fraction of sp³-hybridized carbons (Fsp3) is 0.522. The average Bonchev–Trinajstić information content (AvgIpc) is 3.59. The Morgan fingerprint density at radius 3 is 2.69 bits per heavy atom. The van der Waals surface area contributed by atoms with E-state index in [9.17, 15) is 9.59 Å².